The van der Waals surface area contributed by atoms with E-state index in [4.69, 9.17) is 9.47 Å². The van der Waals surface area contributed by atoms with Gasteiger partial charge < -0.3 is 19.5 Å². The molecular formula is C14H23NO4. The van der Waals surface area contributed by atoms with Crippen molar-refractivity contribution in [2.24, 2.45) is 0 Å². The second kappa shape index (κ2) is 9.72. The monoisotopic (exact) mass is 269 g/mol. The average Bonchev–Trinajstić information content (AvgIpc) is 2.44. The van der Waals surface area contributed by atoms with Crippen LogP contribution in [0.2, 0.25) is 0 Å². The predicted octanol–water partition coefficient (Wildman–Crippen LogP) is 0.745. The number of carbonyl (C=O) groups is 1. The topological polar surface area (TPSA) is 59.0 Å². The van der Waals surface area contributed by atoms with Crippen LogP contribution in [0.3, 0.4) is 0 Å². The Morgan fingerprint density at radius 2 is 2.21 bits per heavy atom. The second-order valence-corrected chi connectivity index (χ2v) is 4.38. The molecule has 0 spiro atoms. The first kappa shape index (κ1) is 15.9. The molecule has 1 amide bonds. The lowest BCUT2D eigenvalue weighted by molar-refractivity contribution is -0.129. The number of aliphatic hydroxyl groups is 1. The van der Waals surface area contributed by atoms with Crippen molar-refractivity contribution >= 4 is 5.91 Å². The summed E-state index contributed by atoms with van der Waals surface area (Å²) in [5.41, 5.74) is 0. The summed E-state index contributed by atoms with van der Waals surface area (Å²) in [5, 5.41) is 9.67. The third kappa shape index (κ3) is 7.10. The Bertz CT molecular complexity index is 298. The molecule has 5 heteroatoms. The molecule has 0 aromatic carbocycles. The highest BCUT2D eigenvalue weighted by Gasteiger charge is 2.13. The Morgan fingerprint density at radius 3 is 2.89 bits per heavy atom. The van der Waals surface area contributed by atoms with Crippen LogP contribution in [0.4, 0.5) is 0 Å². The van der Waals surface area contributed by atoms with Gasteiger partial charge in [-0.25, -0.2) is 0 Å². The zero-order valence-corrected chi connectivity index (χ0v) is 11.3. The fourth-order valence-corrected chi connectivity index (χ4v) is 1.72. The number of ether oxygens (including phenoxy) is 2. The van der Waals surface area contributed by atoms with E-state index in [0.717, 1.165) is 0 Å². The van der Waals surface area contributed by atoms with Crippen LogP contribution in [0.25, 0.3) is 0 Å². The fraction of sp³-hybridized carbons (Fsp3) is 0.643. The van der Waals surface area contributed by atoms with E-state index in [1.165, 1.54) is 6.08 Å². The molecule has 0 saturated carbocycles. The highest BCUT2D eigenvalue weighted by molar-refractivity contribution is 5.87. The van der Waals surface area contributed by atoms with Gasteiger partial charge in [-0.1, -0.05) is 12.2 Å². The number of hydrogen-bond acceptors (Lipinski definition) is 4. The van der Waals surface area contributed by atoms with Crippen molar-refractivity contribution in [2.75, 3.05) is 39.5 Å². The minimum Gasteiger partial charge on any atom is -0.393 e. The maximum absolute atomic E-state index is 11.7. The van der Waals surface area contributed by atoms with Crippen LogP contribution in [0.1, 0.15) is 12.8 Å². The molecule has 1 N–H and O–H groups in total. The molecule has 0 aromatic heterocycles. The molecule has 0 aliphatic carbocycles. The predicted molar refractivity (Wildman–Crippen MR) is 72.8 cm³/mol. The molecule has 5 nitrogen and oxygen atoms in total. The zero-order valence-electron chi connectivity index (χ0n) is 11.3. The standard InChI is InChI=1S/C14H23NO4/c1-2-9-18-10-6-13(16)4-3-5-14(17)15-7-11-19-12-8-15/h2-3,5,13,16H,1,4,6-12H2/b5-3+/t13-/m1/s1. The summed E-state index contributed by atoms with van der Waals surface area (Å²) in [5.74, 6) is -0.0154. The van der Waals surface area contributed by atoms with Crippen LogP contribution in [0, 0.1) is 0 Å². The van der Waals surface area contributed by atoms with Crippen molar-refractivity contribution in [1.82, 2.24) is 4.90 Å². The summed E-state index contributed by atoms with van der Waals surface area (Å²) < 4.78 is 10.4. The number of morpholine rings is 1. The van der Waals surface area contributed by atoms with Gasteiger partial charge in [0.15, 0.2) is 0 Å². The number of rotatable bonds is 8. The summed E-state index contributed by atoms with van der Waals surface area (Å²) in [6.07, 6.45) is 5.47. The van der Waals surface area contributed by atoms with Gasteiger partial charge in [-0.05, 0) is 18.9 Å². The molecule has 0 unspecified atom stereocenters. The van der Waals surface area contributed by atoms with E-state index in [1.54, 1.807) is 17.1 Å². The second-order valence-electron chi connectivity index (χ2n) is 4.38. The van der Waals surface area contributed by atoms with E-state index in [-0.39, 0.29) is 5.91 Å². The zero-order chi connectivity index (χ0) is 13.9. The number of aliphatic hydroxyl groups excluding tert-OH is 1. The van der Waals surface area contributed by atoms with Gasteiger partial charge in [-0.15, -0.1) is 6.58 Å². The van der Waals surface area contributed by atoms with Crippen LogP contribution >= 0.6 is 0 Å². The van der Waals surface area contributed by atoms with Gasteiger partial charge in [0.2, 0.25) is 5.91 Å². The van der Waals surface area contributed by atoms with Crippen LogP contribution in [0.5, 0.6) is 0 Å². The third-order valence-corrected chi connectivity index (χ3v) is 2.82. The maximum atomic E-state index is 11.7. The summed E-state index contributed by atoms with van der Waals surface area (Å²) in [7, 11) is 0. The molecular weight excluding hydrogens is 246 g/mol. The minimum absolute atomic E-state index is 0.0154. The molecule has 1 aliphatic rings. The average molecular weight is 269 g/mol. The molecule has 19 heavy (non-hydrogen) atoms. The Morgan fingerprint density at radius 1 is 1.47 bits per heavy atom. The molecule has 1 aliphatic heterocycles. The quantitative estimate of drug-likeness (QED) is 0.401. The lowest BCUT2D eigenvalue weighted by Crippen LogP contribution is -2.39. The van der Waals surface area contributed by atoms with E-state index in [2.05, 4.69) is 6.58 Å². The van der Waals surface area contributed by atoms with Crippen LogP contribution in [-0.4, -0.2) is 61.5 Å². The van der Waals surface area contributed by atoms with Gasteiger partial charge in [-0.3, -0.25) is 4.79 Å². The molecule has 1 rings (SSSR count). The largest absolute Gasteiger partial charge is 0.393 e. The molecule has 1 heterocycles. The van der Waals surface area contributed by atoms with Crippen LogP contribution < -0.4 is 0 Å². The Balaban J connectivity index is 2.13. The fourth-order valence-electron chi connectivity index (χ4n) is 1.72. The molecule has 1 saturated heterocycles. The van der Waals surface area contributed by atoms with Gasteiger partial charge in [-0.2, -0.15) is 0 Å². The van der Waals surface area contributed by atoms with Crippen molar-refractivity contribution in [2.45, 2.75) is 18.9 Å². The van der Waals surface area contributed by atoms with Crippen molar-refractivity contribution in [1.29, 1.82) is 0 Å². The summed E-state index contributed by atoms with van der Waals surface area (Å²) in [6.45, 7) is 7.02. The molecule has 1 atom stereocenters. The normalized spacial score (nSPS) is 17.6. The van der Waals surface area contributed by atoms with E-state index < -0.39 is 6.10 Å². The Kier molecular flexibility index (Phi) is 8.13. The van der Waals surface area contributed by atoms with Crippen molar-refractivity contribution in [3.63, 3.8) is 0 Å². The number of hydrogen-bond donors (Lipinski definition) is 1. The molecule has 108 valence electrons. The van der Waals surface area contributed by atoms with Crippen molar-refractivity contribution < 1.29 is 19.4 Å². The number of amides is 1. The van der Waals surface area contributed by atoms with Crippen LogP contribution in [0.15, 0.2) is 24.8 Å². The maximum Gasteiger partial charge on any atom is 0.246 e. The van der Waals surface area contributed by atoms with Gasteiger partial charge in [0.25, 0.3) is 0 Å². The highest BCUT2D eigenvalue weighted by atomic mass is 16.5. The number of carbonyl (C=O) groups excluding carboxylic acids is 1. The highest BCUT2D eigenvalue weighted by Crippen LogP contribution is 2.02. The lowest BCUT2D eigenvalue weighted by Gasteiger charge is -2.25. The summed E-state index contributed by atoms with van der Waals surface area (Å²) in [6, 6.07) is 0. The van der Waals surface area contributed by atoms with Crippen molar-refractivity contribution in [3.05, 3.63) is 24.8 Å². The van der Waals surface area contributed by atoms with Crippen molar-refractivity contribution in [3.8, 4) is 0 Å². The third-order valence-electron chi connectivity index (χ3n) is 2.82. The SMILES string of the molecule is C=CCOCC[C@H](O)C/C=C/C(=O)N1CCOCC1. The van der Waals surface area contributed by atoms with E-state index in [9.17, 15) is 9.90 Å². The van der Waals surface area contributed by atoms with Gasteiger partial charge in [0, 0.05) is 19.7 Å². The van der Waals surface area contributed by atoms with Gasteiger partial charge >= 0.3 is 0 Å². The van der Waals surface area contributed by atoms with Gasteiger partial charge in [0.05, 0.1) is 25.9 Å². The molecule has 1 fully saturated rings. The lowest BCUT2D eigenvalue weighted by atomic mass is 10.2. The molecule has 0 radical (unpaired) electrons. The summed E-state index contributed by atoms with van der Waals surface area (Å²) in [4.78, 5) is 13.5. The molecule has 0 aromatic rings. The van der Waals surface area contributed by atoms with E-state index in [1.807, 2.05) is 0 Å². The van der Waals surface area contributed by atoms with E-state index >= 15 is 0 Å². The summed E-state index contributed by atoms with van der Waals surface area (Å²) >= 11 is 0. The van der Waals surface area contributed by atoms with Gasteiger partial charge in [0.1, 0.15) is 0 Å². The van der Waals surface area contributed by atoms with E-state index in [0.29, 0.717) is 52.4 Å². The Labute approximate surface area is 114 Å². The Hall–Kier alpha value is -1.17. The first-order chi connectivity index (χ1) is 9.24. The number of nitrogens with zero attached hydrogens (tertiary/aromatic N) is 1. The minimum atomic E-state index is -0.474. The molecule has 0 bridgehead atoms. The first-order valence-corrected chi connectivity index (χ1v) is 6.64. The smallest absolute Gasteiger partial charge is 0.246 e. The first-order valence-electron chi connectivity index (χ1n) is 6.64. The van der Waals surface area contributed by atoms with Crippen LogP contribution in [-0.2, 0) is 14.3 Å².